The first-order valence-electron chi connectivity index (χ1n) is 5.46. The lowest BCUT2D eigenvalue weighted by atomic mass is 9.96. The van der Waals surface area contributed by atoms with E-state index in [0.717, 1.165) is 11.3 Å². The molecule has 1 rings (SSSR count). The molecule has 0 spiro atoms. The summed E-state index contributed by atoms with van der Waals surface area (Å²) in [6, 6.07) is 9.36. The second-order valence-electron chi connectivity index (χ2n) is 4.67. The maximum Gasteiger partial charge on any atom is 0.319 e. The topological polar surface area (TPSA) is 64.9 Å². The van der Waals surface area contributed by atoms with Gasteiger partial charge in [0.1, 0.15) is 0 Å². The largest absolute Gasteiger partial charge is 0.336 e. The van der Waals surface area contributed by atoms with Gasteiger partial charge in [-0.1, -0.05) is 17.7 Å². The van der Waals surface area contributed by atoms with Gasteiger partial charge in [0.25, 0.3) is 0 Å². The van der Waals surface area contributed by atoms with Gasteiger partial charge in [0.2, 0.25) is 0 Å². The number of anilines is 1. The maximum absolute atomic E-state index is 11.5. The molecule has 0 atom stereocenters. The van der Waals surface area contributed by atoms with Gasteiger partial charge < -0.3 is 10.6 Å². The highest BCUT2D eigenvalue weighted by atomic mass is 16.2. The smallest absolute Gasteiger partial charge is 0.319 e. The highest BCUT2D eigenvalue weighted by Gasteiger charge is 2.17. The summed E-state index contributed by atoms with van der Waals surface area (Å²) in [5.41, 5.74) is 1.33. The van der Waals surface area contributed by atoms with E-state index in [1.54, 1.807) is 13.8 Å². The molecule has 4 nitrogen and oxygen atoms in total. The number of hydrogen-bond acceptors (Lipinski definition) is 2. The number of nitriles is 1. The quantitative estimate of drug-likeness (QED) is 0.840. The molecule has 0 unspecified atom stereocenters. The zero-order valence-corrected chi connectivity index (χ0v) is 10.4. The van der Waals surface area contributed by atoms with E-state index in [0.29, 0.717) is 6.54 Å². The highest BCUT2D eigenvalue weighted by Crippen LogP contribution is 2.11. The Kier molecular flexibility index (Phi) is 4.11. The zero-order valence-electron chi connectivity index (χ0n) is 10.4. The van der Waals surface area contributed by atoms with Crippen molar-refractivity contribution in [3.8, 4) is 6.07 Å². The number of carbonyl (C=O) groups is 1. The molecule has 90 valence electrons. The Labute approximate surface area is 102 Å². The number of hydrogen-bond donors (Lipinski definition) is 2. The van der Waals surface area contributed by atoms with Crippen LogP contribution in [0, 0.1) is 23.7 Å². The SMILES string of the molecule is Cc1ccc(NC(=O)NCC(C)(C)C#N)cc1. The predicted octanol–water partition coefficient (Wildman–Crippen LogP) is 2.67. The lowest BCUT2D eigenvalue weighted by Crippen LogP contribution is -2.36. The molecule has 0 radical (unpaired) electrons. The van der Waals surface area contributed by atoms with Gasteiger partial charge in [0.15, 0.2) is 0 Å². The molecule has 1 aromatic rings. The lowest BCUT2D eigenvalue weighted by Gasteiger charge is -2.16. The molecule has 0 saturated carbocycles. The average molecular weight is 231 g/mol. The minimum atomic E-state index is -0.551. The Morgan fingerprint density at radius 1 is 1.35 bits per heavy atom. The van der Waals surface area contributed by atoms with Gasteiger partial charge >= 0.3 is 6.03 Å². The van der Waals surface area contributed by atoms with E-state index < -0.39 is 5.41 Å². The maximum atomic E-state index is 11.5. The van der Waals surface area contributed by atoms with E-state index in [2.05, 4.69) is 16.7 Å². The third-order valence-electron chi connectivity index (χ3n) is 2.30. The fourth-order valence-corrected chi connectivity index (χ4v) is 1.15. The van der Waals surface area contributed by atoms with Crippen LogP contribution in [0.4, 0.5) is 10.5 Å². The molecule has 0 aliphatic carbocycles. The third kappa shape index (κ3) is 4.56. The normalized spacial score (nSPS) is 10.5. The second kappa shape index (κ2) is 5.35. The summed E-state index contributed by atoms with van der Waals surface area (Å²) < 4.78 is 0. The summed E-state index contributed by atoms with van der Waals surface area (Å²) in [6.07, 6.45) is 0. The van der Waals surface area contributed by atoms with Crippen molar-refractivity contribution in [2.45, 2.75) is 20.8 Å². The van der Waals surface area contributed by atoms with Gasteiger partial charge in [-0.05, 0) is 32.9 Å². The van der Waals surface area contributed by atoms with Crippen LogP contribution in [0.15, 0.2) is 24.3 Å². The van der Waals surface area contributed by atoms with Crippen LogP contribution < -0.4 is 10.6 Å². The van der Waals surface area contributed by atoms with Crippen molar-refractivity contribution in [3.05, 3.63) is 29.8 Å². The Bertz CT molecular complexity index is 429. The summed E-state index contributed by atoms with van der Waals surface area (Å²) >= 11 is 0. The van der Waals surface area contributed by atoms with Crippen molar-refractivity contribution in [2.75, 3.05) is 11.9 Å². The van der Waals surface area contributed by atoms with Crippen LogP contribution in [0.25, 0.3) is 0 Å². The summed E-state index contributed by atoms with van der Waals surface area (Å²) in [5.74, 6) is 0. The molecule has 0 fully saturated rings. The van der Waals surface area contributed by atoms with Crippen LogP contribution in [0.1, 0.15) is 19.4 Å². The standard InChI is InChI=1S/C13H17N3O/c1-10-4-6-11(7-5-10)16-12(17)15-9-13(2,3)8-14/h4-7H,9H2,1-3H3,(H2,15,16,17). The molecule has 2 amide bonds. The molecule has 0 saturated heterocycles. The fourth-order valence-electron chi connectivity index (χ4n) is 1.15. The number of amides is 2. The monoisotopic (exact) mass is 231 g/mol. The number of urea groups is 1. The predicted molar refractivity (Wildman–Crippen MR) is 67.6 cm³/mol. The van der Waals surface area contributed by atoms with Gasteiger partial charge in [0, 0.05) is 12.2 Å². The highest BCUT2D eigenvalue weighted by molar-refractivity contribution is 5.89. The molecule has 0 aliphatic rings. The van der Waals surface area contributed by atoms with Gasteiger partial charge in [-0.3, -0.25) is 0 Å². The van der Waals surface area contributed by atoms with E-state index in [-0.39, 0.29) is 6.03 Å². The first-order chi connectivity index (χ1) is 7.93. The second-order valence-corrected chi connectivity index (χ2v) is 4.67. The fraction of sp³-hybridized carbons (Fsp3) is 0.385. The minimum Gasteiger partial charge on any atom is -0.336 e. The first kappa shape index (κ1) is 13.0. The molecule has 2 N–H and O–H groups in total. The molecule has 0 aliphatic heterocycles. The minimum absolute atomic E-state index is 0.294. The molecule has 0 aromatic heterocycles. The Balaban J connectivity index is 2.46. The number of rotatable bonds is 3. The summed E-state index contributed by atoms with van der Waals surface area (Å²) in [4.78, 5) is 11.5. The van der Waals surface area contributed by atoms with Gasteiger partial charge in [0.05, 0.1) is 11.5 Å². The van der Waals surface area contributed by atoms with Crippen molar-refractivity contribution < 1.29 is 4.79 Å². The molecular formula is C13H17N3O. The van der Waals surface area contributed by atoms with Crippen molar-refractivity contribution >= 4 is 11.7 Å². The average Bonchev–Trinajstić information content (AvgIpc) is 2.30. The van der Waals surface area contributed by atoms with Crippen LogP contribution in [0.5, 0.6) is 0 Å². The van der Waals surface area contributed by atoms with Gasteiger partial charge in [-0.15, -0.1) is 0 Å². The number of nitrogens with zero attached hydrogens (tertiary/aromatic N) is 1. The lowest BCUT2D eigenvalue weighted by molar-refractivity contribution is 0.249. The van der Waals surface area contributed by atoms with Gasteiger partial charge in [-0.2, -0.15) is 5.26 Å². The zero-order chi connectivity index (χ0) is 12.9. The molecule has 0 bridgehead atoms. The third-order valence-corrected chi connectivity index (χ3v) is 2.30. The van der Waals surface area contributed by atoms with E-state index in [1.165, 1.54) is 0 Å². The molecule has 17 heavy (non-hydrogen) atoms. The molecule has 4 heteroatoms. The van der Waals surface area contributed by atoms with Crippen molar-refractivity contribution in [2.24, 2.45) is 5.41 Å². The van der Waals surface area contributed by atoms with Crippen LogP contribution >= 0.6 is 0 Å². The van der Waals surface area contributed by atoms with Crippen LogP contribution in [0.2, 0.25) is 0 Å². The number of benzene rings is 1. The van der Waals surface area contributed by atoms with Crippen molar-refractivity contribution in [1.82, 2.24) is 5.32 Å². The van der Waals surface area contributed by atoms with E-state index in [4.69, 9.17) is 5.26 Å². The van der Waals surface area contributed by atoms with E-state index in [9.17, 15) is 4.79 Å². The van der Waals surface area contributed by atoms with Crippen LogP contribution in [-0.2, 0) is 0 Å². The summed E-state index contributed by atoms with van der Waals surface area (Å²) in [7, 11) is 0. The Hall–Kier alpha value is -2.02. The summed E-state index contributed by atoms with van der Waals surface area (Å²) in [5, 5.41) is 14.2. The number of nitrogens with one attached hydrogen (secondary N) is 2. The Morgan fingerprint density at radius 3 is 2.47 bits per heavy atom. The molecule has 1 aromatic carbocycles. The number of aryl methyl sites for hydroxylation is 1. The number of carbonyl (C=O) groups excluding carboxylic acids is 1. The van der Waals surface area contributed by atoms with E-state index >= 15 is 0 Å². The first-order valence-corrected chi connectivity index (χ1v) is 5.46. The van der Waals surface area contributed by atoms with Crippen molar-refractivity contribution in [3.63, 3.8) is 0 Å². The molecule has 0 heterocycles. The van der Waals surface area contributed by atoms with Crippen molar-refractivity contribution in [1.29, 1.82) is 5.26 Å². The molecular weight excluding hydrogens is 214 g/mol. The van der Waals surface area contributed by atoms with E-state index in [1.807, 2.05) is 31.2 Å². The van der Waals surface area contributed by atoms with Crippen LogP contribution in [0.3, 0.4) is 0 Å². The van der Waals surface area contributed by atoms with Crippen LogP contribution in [-0.4, -0.2) is 12.6 Å². The Morgan fingerprint density at radius 2 is 1.94 bits per heavy atom. The van der Waals surface area contributed by atoms with Gasteiger partial charge in [-0.25, -0.2) is 4.79 Å². The summed E-state index contributed by atoms with van der Waals surface area (Å²) in [6.45, 7) is 5.86.